The van der Waals surface area contributed by atoms with Crippen LogP contribution in [-0.4, -0.2) is 41.8 Å². The van der Waals surface area contributed by atoms with E-state index in [1.165, 1.54) is 0 Å². The molecule has 0 saturated carbocycles. The molecule has 0 aromatic carbocycles. The number of carbonyl (C=O) groups excluding carboxylic acids is 1. The quantitative estimate of drug-likeness (QED) is 0.395. The van der Waals surface area contributed by atoms with Gasteiger partial charge in [0.2, 0.25) is 0 Å². The van der Waals surface area contributed by atoms with Gasteiger partial charge in [-0.1, -0.05) is 6.58 Å². The van der Waals surface area contributed by atoms with Crippen LogP contribution in [0, 0.1) is 0 Å². The second-order valence-corrected chi connectivity index (χ2v) is 3.95. The zero-order valence-corrected chi connectivity index (χ0v) is 10.5. The van der Waals surface area contributed by atoms with Gasteiger partial charge in [-0.25, -0.2) is 9.18 Å². The third kappa shape index (κ3) is 2.76. The van der Waals surface area contributed by atoms with Crippen molar-refractivity contribution in [1.29, 1.82) is 0 Å². The van der Waals surface area contributed by atoms with Crippen LogP contribution in [-0.2, 0) is 9.53 Å². The summed E-state index contributed by atoms with van der Waals surface area (Å²) >= 11 is 0. The van der Waals surface area contributed by atoms with Crippen LogP contribution in [0.15, 0.2) is 12.8 Å². The average Bonchev–Trinajstić information content (AvgIpc) is 2.34. The molecule has 0 spiro atoms. The highest BCUT2D eigenvalue weighted by Crippen LogP contribution is 2.60. The van der Waals surface area contributed by atoms with Crippen molar-refractivity contribution in [3.05, 3.63) is 12.8 Å². The Labute approximate surface area is 122 Å². The molecule has 0 aromatic rings. The SMILES string of the molecule is C=COC(=O)C(F)(C(F)(F)F)C(F)(F)C(F)(F)C(F)(F)C(F)(F)F. The van der Waals surface area contributed by atoms with Gasteiger partial charge in [-0.15, -0.1) is 0 Å². The monoisotopic (exact) mass is 390 g/mol. The third-order valence-electron chi connectivity index (χ3n) is 2.44. The van der Waals surface area contributed by atoms with Crippen LogP contribution in [0.2, 0.25) is 0 Å². The first-order valence-electron chi connectivity index (χ1n) is 5.01. The zero-order valence-electron chi connectivity index (χ0n) is 10.5. The van der Waals surface area contributed by atoms with Gasteiger partial charge in [0.1, 0.15) is 0 Å². The molecule has 1 atom stereocenters. The van der Waals surface area contributed by atoms with Crippen molar-refractivity contribution in [2.75, 3.05) is 0 Å². The van der Waals surface area contributed by atoms with E-state index in [2.05, 4.69) is 11.3 Å². The Kier molecular flexibility index (Phi) is 5.28. The Bertz CT molecular complexity index is 503. The van der Waals surface area contributed by atoms with Gasteiger partial charge in [-0.3, -0.25) is 0 Å². The number of alkyl halides is 13. The molecule has 24 heavy (non-hydrogen) atoms. The predicted molar refractivity (Wildman–Crippen MR) is 47.1 cm³/mol. The van der Waals surface area contributed by atoms with E-state index in [4.69, 9.17) is 0 Å². The summed E-state index contributed by atoms with van der Waals surface area (Å²) in [5.74, 6) is -27.7. The fraction of sp³-hybridized carbons (Fsp3) is 0.667. The number of esters is 1. The summed E-state index contributed by atoms with van der Waals surface area (Å²) in [5.41, 5.74) is -7.24. The predicted octanol–water partition coefficient (Wildman–Crippen LogP) is 4.41. The molecule has 0 heterocycles. The lowest BCUT2D eigenvalue weighted by Crippen LogP contribution is -2.73. The van der Waals surface area contributed by atoms with Gasteiger partial charge < -0.3 is 4.74 Å². The summed E-state index contributed by atoms with van der Waals surface area (Å²) < 4.78 is 166. The van der Waals surface area contributed by atoms with E-state index < -0.39 is 48.0 Å². The number of ether oxygens (including phenoxy) is 1. The molecule has 0 aliphatic heterocycles. The first kappa shape index (κ1) is 22.3. The molecular formula is C9H3F13O2. The Morgan fingerprint density at radius 1 is 0.667 bits per heavy atom. The number of carbonyl (C=O) groups is 1. The van der Waals surface area contributed by atoms with Crippen LogP contribution < -0.4 is 0 Å². The van der Waals surface area contributed by atoms with Crippen LogP contribution in [0.1, 0.15) is 0 Å². The fourth-order valence-electron chi connectivity index (χ4n) is 1.17. The Morgan fingerprint density at radius 2 is 1.04 bits per heavy atom. The van der Waals surface area contributed by atoms with E-state index in [-0.39, 0.29) is 0 Å². The topological polar surface area (TPSA) is 26.3 Å². The van der Waals surface area contributed by atoms with Crippen molar-refractivity contribution in [3.8, 4) is 0 Å². The first-order chi connectivity index (χ1) is 10.2. The molecule has 2 nitrogen and oxygen atoms in total. The fourth-order valence-corrected chi connectivity index (χ4v) is 1.17. The Hall–Kier alpha value is -1.70. The van der Waals surface area contributed by atoms with Crippen molar-refractivity contribution in [3.63, 3.8) is 0 Å². The molecule has 0 saturated heterocycles. The van der Waals surface area contributed by atoms with Crippen LogP contribution in [0.5, 0.6) is 0 Å². The standard InChI is InChI=1S/C9H3F13O2/c1-2-24-3(23)4(10,8(17,18)19)5(11,12)6(13,14)7(15,16)9(20,21)22/h2H,1H2. The number of halogens is 13. The van der Waals surface area contributed by atoms with Crippen LogP contribution in [0.4, 0.5) is 57.1 Å². The van der Waals surface area contributed by atoms with E-state index in [1.54, 1.807) is 0 Å². The van der Waals surface area contributed by atoms with Crippen molar-refractivity contribution >= 4 is 5.97 Å². The maximum Gasteiger partial charge on any atom is 0.460 e. The second-order valence-electron chi connectivity index (χ2n) is 3.95. The van der Waals surface area contributed by atoms with Gasteiger partial charge in [-0.05, 0) is 0 Å². The molecule has 0 amide bonds. The Morgan fingerprint density at radius 3 is 1.29 bits per heavy atom. The smallest absolute Gasteiger partial charge is 0.432 e. The second kappa shape index (κ2) is 5.68. The summed E-state index contributed by atoms with van der Waals surface area (Å²) in [7, 11) is 0. The van der Waals surface area contributed by atoms with Crippen LogP contribution in [0.25, 0.3) is 0 Å². The third-order valence-corrected chi connectivity index (χ3v) is 2.44. The molecule has 0 aromatic heterocycles. The summed E-state index contributed by atoms with van der Waals surface area (Å²) in [4.78, 5) is 10.7. The van der Waals surface area contributed by atoms with Gasteiger partial charge in [-0.2, -0.15) is 52.7 Å². The minimum absolute atomic E-state index is 0.474. The maximum absolute atomic E-state index is 13.5. The summed E-state index contributed by atoms with van der Waals surface area (Å²) in [6.45, 7) is 2.29. The van der Waals surface area contributed by atoms with Gasteiger partial charge in [0, 0.05) is 0 Å². The number of rotatable bonds is 5. The molecule has 0 bridgehead atoms. The van der Waals surface area contributed by atoms with Crippen LogP contribution in [0.3, 0.4) is 0 Å². The van der Waals surface area contributed by atoms with E-state index in [9.17, 15) is 61.9 Å². The summed E-state index contributed by atoms with van der Waals surface area (Å²) in [6, 6.07) is 0. The van der Waals surface area contributed by atoms with E-state index in [0.29, 0.717) is 0 Å². The lowest BCUT2D eigenvalue weighted by atomic mass is 9.88. The molecular weight excluding hydrogens is 387 g/mol. The van der Waals surface area contributed by atoms with Crippen molar-refractivity contribution < 1.29 is 66.6 Å². The molecule has 0 rings (SSSR count). The van der Waals surface area contributed by atoms with Gasteiger partial charge in [0.05, 0.1) is 6.26 Å². The summed E-state index contributed by atoms with van der Waals surface area (Å²) in [5, 5.41) is 0. The first-order valence-corrected chi connectivity index (χ1v) is 5.01. The molecule has 0 N–H and O–H groups in total. The Balaban J connectivity index is 6.61. The highest BCUT2D eigenvalue weighted by Gasteiger charge is 2.92. The molecule has 0 aliphatic carbocycles. The van der Waals surface area contributed by atoms with Crippen molar-refractivity contribution in [2.45, 2.75) is 35.8 Å². The zero-order chi connectivity index (χ0) is 20.0. The molecule has 0 fully saturated rings. The van der Waals surface area contributed by atoms with Gasteiger partial charge in [0.15, 0.2) is 0 Å². The van der Waals surface area contributed by atoms with E-state index in [0.717, 1.165) is 0 Å². The van der Waals surface area contributed by atoms with Gasteiger partial charge in [0.25, 0.3) is 0 Å². The van der Waals surface area contributed by atoms with Crippen molar-refractivity contribution in [1.82, 2.24) is 0 Å². The molecule has 0 aliphatic rings. The van der Waals surface area contributed by atoms with Crippen LogP contribution >= 0.6 is 0 Å². The average molecular weight is 390 g/mol. The van der Waals surface area contributed by atoms with Gasteiger partial charge >= 0.3 is 41.8 Å². The maximum atomic E-state index is 13.5. The molecule has 0 radical (unpaired) electrons. The summed E-state index contributed by atoms with van der Waals surface area (Å²) in [6.07, 6.45) is -15.3. The number of hydrogen-bond acceptors (Lipinski definition) is 2. The molecule has 1 unspecified atom stereocenters. The lowest BCUT2D eigenvalue weighted by Gasteiger charge is -2.39. The minimum Gasteiger partial charge on any atom is -0.432 e. The molecule has 15 heteroatoms. The molecule has 142 valence electrons. The van der Waals surface area contributed by atoms with Crippen molar-refractivity contribution in [2.24, 2.45) is 0 Å². The number of hydrogen-bond donors (Lipinski definition) is 0. The van der Waals surface area contributed by atoms with E-state index >= 15 is 0 Å². The highest BCUT2D eigenvalue weighted by atomic mass is 19.4. The van der Waals surface area contributed by atoms with E-state index in [1.807, 2.05) is 0 Å². The normalized spacial score (nSPS) is 17.2. The lowest BCUT2D eigenvalue weighted by molar-refractivity contribution is -0.426. The largest absolute Gasteiger partial charge is 0.460 e. The minimum atomic E-state index is -8.03. The highest BCUT2D eigenvalue weighted by molar-refractivity contribution is 5.83.